The first kappa shape index (κ1) is 14.5. The summed E-state index contributed by atoms with van der Waals surface area (Å²) in [5.74, 6) is 0.581. The summed E-state index contributed by atoms with van der Waals surface area (Å²) < 4.78 is 5.24. The second-order valence-electron chi connectivity index (χ2n) is 4.37. The number of hydrogen-bond acceptors (Lipinski definition) is 3. The molecule has 0 radical (unpaired) electrons. The minimum Gasteiger partial charge on any atom is -0.496 e. The highest BCUT2D eigenvalue weighted by atomic mass is 32.2. The molecule has 20 heavy (non-hydrogen) atoms. The third kappa shape index (κ3) is 3.33. The van der Waals surface area contributed by atoms with Crippen LogP contribution in [0.5, 0.6) is 5.75 Å². The van der Waals surface area contributed by atoms with Gasteiger partial charge in [0, 0.05) is 16.1 Å². The Morgan fingerprint density at radius 2 is 2.00 bits per heavy atom. The van der Waals surface area contributed by atoms with Crippen LogP contribution in [0.2, 0.25) is 0 Å². The van der Waals surface area contributed by atoms with E-state index in [0.717, 1.165) is 21.9 Å². The maximum absolute atomic E-state index is 12.2. The lowest BCUT2D eigenvalue weighted by Gasteiger charge is -2.09. The van der Waals surface area contributed by atoms with Crippen LogP contribution in [0, 0.1) is 6.92 Å². The van der Waals surface area contributed by atoms with E-state index in [9.17, 15) is 4.79 Å². The van der Waals surface area contributed by atoms with Gasteiger partial charge in [0.2, 0.25) is 0 Å². The molecule has 0 aliphatic carbocycles. The quantitative estimate of drug-likeness (QED) is 0.864. The van der Waals surface area contributed by atoms with E-state index >= 15 is 0 Å². The normalized spacial score (nSPS) is 10.2. The summed E-state index contributed by atoms with van der Waals surface area (Å²) in [6.45, 7) is 1.95. The molecule has 3 nitrogen and oxygen atoms in total. The smallest absolute Gasteiger partial charge is 0.255 e. The van der Waals surface area contributed by atoms with Gasteiger partial charge in [-0.3, -0.25) is 4.79 Å². The Balaban J connectivity index is 2.19. The molecule has 0 heterocycles. The minimum absolute atomic E-state index is 0.137. The van der Waals surface area contributed by atoms with Crippen LogP contribution in [0.15, 0.2) is 47.4 Å². The second-order valence-corrected chi connectivity index (χ2v) is 5.25. The molecule has 1 N–H and O–H groups in total. The number of benzene rings is 2. The highest BCUT2D eigenvalue weighted by Gasteiger charge is 2.09. The van der Waals surface area contributed by atoms with Gasteiger partial charge in [-0.25, -0.2) is 0 Å². The van der Waals surface area contributed by atoms with Crippen molar-refractivity contribution in [3.05, 3.63) is 53.6 Å². The zero-order valence-electron chi connectivity index (χ0n) is 11.8. The zero-order valence-corrected chi connectivity index (χ0v) is 12.6. The van der Waals surface area contributed by atoms with Crippen molar-refractivity contribution in [3.8, 4) is 5.75 Å². The standard InChI is InChI=1S/C16H17NO2S/c1-11-7-8-12(9-15(11)19-2)16(18)17-13-5-4-6-14(10-13)20-3/h4-10H,1-3H3,(H,17,18). The predicted octanol–water partition coefficient (Wildman–Crippen LogP) is 3.98. The lowest BCUT2D eigenvalue weighted by molar-refractivity contribution is 0.102. The average Bonchev–Trinajstić information content (AvgIpc) is 2.47. The van der Waals surface area contributed by atoms with Gasteiger partial charge in [0.25, 0.3) is 5.91 Å². The molecule has 104 valence electrons. The van der Waals surface area contributed by atoms with Gasteiger partial charge in [0.15, 0.2) is 0 Å². The number of hydrogen-bond donors (Lipinski definition) is 1. The fourth-order valence-electron chi connectivity index (χ4n) is 1.87. The summed E-state index contributed by atoms with van der Waals surface area (Å²) in [6.07, 6.45) is 2.01. The van der Waals surface area contributed by atoms with Gasteiger partial charge in [0.1, 0.15) is 5.75 Å². The van der Waals surface area contributed by atoms with Crippen molar-refractivity contribution in [1.29, 1.82) is 0 Å². The fraction of sp³-hybridized carbons (Fsp3) is 0.188. The van der Waals surface area contributed by atoms with Gasteiger partial charge >= 0.3 is 0 Å². The summed E-state index contributed by atoms with van der Waals surface area (Å²) in [7, 11) is 1.60. The molecule has 0 aromatic heterocycles. The summed E-state index contributed by atoms with van der Waals surface area (Å²) in [6, 6.07) is 13.2. The molecule has 0 aliphatic heterocycles. The number of rotatable bonds is 4. The molecule has 2 aromatic carbocycles. The topological polar surface area (TPSA) is 38.3 Å². The van der Waals surface area contributed by atoms with Crippen molar-refractivity contribution in [2.75, 3.05) is 18.7 Å². The van der Waals surface area contributed by atoms with Crippen LogP contribution in [0.3, 0.4) is 0 Å². The zero-order chi connectivity index (χ0) is 14.5. The number of thioether (sulfide) groups is 1. The van der Waals surface area contributed by atoms with E-state index in [1.807, 2.05) is 43.5 Å². The van der Waals surface area contributed by atoms with Crippen LogP contribution in [-0.2, 0) is 0 Å². The number of nitrogens with one attached hydrogen (secondary N) is 1. The molecule has 0 atom stereocenters. The van der Waals surface area contributed by atoms with Crippen LogP contribution in [0.4, 0.5) is 5.69 Å². The third-order valence-corrected chi connectivity index (χ3v) is 3.72. The molecule has 0 fully saturated rings. The lowest BCUT2D eigenvalue weighted by atomic mass is 10.1. The van der Waals surface area contributed by atoms with Crippen LogP contribution in [0.1, 0.15) is 15.9 Å². The SMILES string of the molecule is COc1cc(C(=O)Nc2cccc(SC)c2)ccc1C. The third-order valence-electron chi connectivity index (χ3n) is 3.00. The highest BCUT2D eigenvalue weighted by Crippen LogP contribution is 2.22. The van der Waals surface area contributed by atoms with Crippen molar-refractivity contribution in [1.82, 2.24) is 0 Å². The van der Waals surface area contributed by atoms with E-state index in [0.29, 0.717) is 5.56 Å². The van der Waals surface area contributed by atoms with Gasteiger partial charge in [-0.2, -0.15) is 0 Å². The summed E-state index contributed by atoms with van der Waals surface area (Å²) in [5.41, 5.74) is 2.39. The summed E-state index contributed by atoms with van der Waals surface area (Å²) in [4.78, 5) is 13.3. The monoisotopic (exact) mass is 287 g/mol. The second kappa shape index (κ2) is 6.48. The number of amides is 1. The first-order valence-electron chi connectivity index (χ1n) is 6.24. The minimum atomic E-state index is -0.137. The molecular weight excluding hydrogens is 270 g/mol. The molecule has 0 unspecified atom stereocenters. The van der Waals surface area contributed by atoms with Crippen LogP contribution < -0.4 is 10.1 Å². The maximum atomic E-state index is 12.2. The Labute approximate surface area is 123 Å². The molecule has 0 saturated carbocycles. The van der Waals surface area contributed by atoms with E-state index in [-0.39, 0.29) is 5.91 Å². The molecule has 0 aliphatic rings. The van der Waals surface area contributed by atoms with Gasteiger partial charge in [0.05, 0.1) is 7.11 Å². The Kier molecular flexibility index (Phi) is 4.69. The molecular formula is C16H17NO2S. The van der Waals surface area contributed by atoms with Crippen LogP contribution >= 0.6 is 11.8 Å². The predicted molar refractivity (Wildman–Crippen MR) is 83.9 cm³/mol. The number of carbonyl (C=O) groups excluding carboxylic acids is 1. The van der Waals surface area contributed by atoms with E-state index in [2.05, 4.69) is 5.32 Å². The van der Waals surface area contributed by atoms with Crippen molar-refractivity contribution >= 4 is 23.4 Å². The Morgan fingerprint density at radius 3 is 2.70 bits per heavy atom. The number of ether oxygens (including phenoxy) is 1. The Bertz CT molecular complexity index is 626. The van der Waals surface area contributed by atoms with E-state index in [1.165, 1.54) is 0 Å². The Morgan fingerprint density at radius 1 is 1.20 bits per heavy atom. The fourth-order valence-corrected chi connectivity index (χ4v) is 2.32. The first-order chi connectivity index (χ1) is 9.63. The van der Waals surface area contributed by atoms with Crippen LogP contribution in [-0.4, -0.2) is 19.3 Å². The van der Waals surface area contributed by atoms with Gasteiger partial charge < -0.3 is 10.1 Å². The molecule has 0 saturated heterocycles. The van der Waals surface area contributed by atoms with Gasteiger partial charge in [-0.1, -0.05) is 12.1 Å². The van der Waals surface area contributed by atoms with E-state index < -0.39 is 0 Å². The Hall–Kier alpha value is -1.94. The molecule has 2 aromatic rings. The van der Waals surface area contributed by atoms with Gasteiger partial charge in [-0.15, -0.1) is 11.8 Å². The lowest BCUT2D eigenvalue weighted by Crippen LogP contribution is -2.12. The maximum Gasteiger partial charge on any atom is 0.255 e. The number of methoxy groups -OCH3 is 1. The molecule has 1 amide bonds. The summed E-state index contributed by atoms with van der Waals surface area (Å²) in [5, 5.41) is 2.90. The van der Waals surface area contributed by atoms with Crippen LogP contribution in [0.25, 0.3) is 0 Å². The van der Waals surface area contributed by atoms with E-state index in [1.54, 1.807) is 31.0 Å². The highest BCUT2D eigenvalue weighted by molar-refractivity contribution is 7.98. The van der Waals surface area contributed by atoms with E-state index in [4.69, 9.17) is 4.74 Å². The van der Waals surface area contributed by atoms with Crippen molar-refractivity contribution in [2.45, 2.75) is 11.8 Å². The molecule has 0 spiro atoms. The van der Waals surface area contributed by atoms with Crippen molar-refractivity contribution < 1.29 is 9.53 Å². The first-order valence-corrected chi connectivity index (χ1v) is 7.46. The molecule has 0 bridgehead atoms. The summed E-state index contributed by atoms with van der Waals surface area (Å²) >= 11 is 1.64. The van der Waals surface area contributed by atoms with Crippen molar-refractivity contribution in [2.24, 2.45) is 0 Å². The molecule has 4 heteroatoms. The number of anilines is 1. The van der Waals surface area contributed by atoms with Gasteiger partial charge in [-0.05, 0) is 49.1 Å². The molecule has 2 rings (SSSR count). The number of carbonyl (C=O) groups is 1. The van der Waals surface area contributed by atoms with Crippen molar-refractivity contribution in [3.63, 3.8) is 0 Å². The average molecular weight is 287 g/mol. The number of aryl methyl sites for hydroxylation is 1. The largest absolute Gasteiger partial charge is 0.496 e.